The van der Waals surface area contributed by atoms with Crippen LogP contribution in [0.3, 0.4) is 0 Å². The van der Waals surface area contributed by atoms with E-state index in [0.29, 0.717) is 13.1 Å². The lowest BCUT2D eigenvalue weighted by atomic mass is 9.94. The summed E-state index contributed by atoms with van der Waals surface area (Å²) in [5, 5.41) is 2.69. The zero-order valence-electron chi connectivity index (χ0n) is 17.0. The van der Waals surface area contributed by atoms with Gasteiger partial charge in [-0.2, -0.15) is 4.31 Å². The van der Waals surface area contributed by atoms with E-state index in [1.54, 1.807) is 0 Å². The molecule has 6 nitrogen and oxygen atoms in total. The van der Waals surface area contributed by atoms with E-state index in [9.17, 15) is 17.6 Å². The summed E-state index contributed by atoms with van der Waals surface area (Å²) in [6, 6.07) is 7.90. The van der Waals surface area contributed by atoms with Crippen molar-refractivity contribution in [2.75, 3.05) is 25.5 Å². The highest BCUT2D eigenvalue weighted by Crippen LogP contribution is 2.32. The maximum absolute atomic E-state index is 14.0. The molecule has 1 aliphatic rings. The number of rotatable bonds is 5. The van der Waals surface area contributed by atoms with Gasteiger partial charge in [0.05, 0.1) is 12.8 Å². The number of methoxy groups -OCH3 is 1. The van der Waals surface area contributed by atoms with Crippen LogP contribution in [-0.4, -0.2) is 38.8 Å². The molecule has 1 aliphatic heterocycles. The third-order valence-corrected chi connectivity index (χ3v) is 7.14. The molecule has 0 spiro atoms. The van der Waals surface area contributed by atoms with Crippen LogP contribution in [0.1, 0.15) is 30.6 Å². The molecule has 0 bridgehead atoms. The van der Waals surface area contributed by atoms with Crippen LogP contribution >= 0.6 is 11.6 Å². The Kier molecular flexibility index (Phi) is 6.69. The minimum absolute atomic E-state index is 0.0619. The summed E-state index contributed by atoms with van der Waals surface area (Å²) < 4.78 is 47.3. The third kappa shape index (κ3) is 4.77. The number of ether oxygens (including phenoxy) is 1. The van der Waals surface area contributed by atoms with E-state index in [2.05, 4.69) is 5.32 Å². The van der Waals surface area contributed by atoms with Gasteiger partial charge in [0.2, 0.25) is 10.0 Å². The van der Waals surface area contributed by atoms with E-state index >= 15 is 0 Å². The molecular formula is C21H24ClFN2O4S. The fourth-order valence-electron chi connectivity index (χ4n) is 3.75. The molecular weight excluding hydrogens is 431 g/mol. The number of nitrogens with one attached hydrogen (secondary N) is 1. The smallest absolute Gasteiger partial charge is 0.255 e. The molecule has 0 aliphatic carbocycles. The molecule has 2 aromatic rings. The van der Waals surface area contributed by atoms with Crippen molar-refractivity contribution in [3.8, 4) is 5.75 Å². The first-order chi connectivity index (χ1) is 14.1. The highest BCUT2D eigenvalue weighted by Gasteiger charge is 2.34. The Hall–Kier alpha value is -2.16. The van der Waals surface area contributed by atoms with Crippen molar-refractivity contribution < 1.29 is 22.3 Å². The average Bonchev–Trinajstić information content (AvgIpc) is 2.69. The second-order valence-corrected chi connectivity index (χ2v) is 10.1. The molecule has 30 heavy (non-hydrogen) atoms. The van der Waals surface area contributed by atoms with E-state index < -0.39 is 21.7 Å². The molecule has 3 rings (SSSR count). The van der Waals surface area contributed by atoms with E-state index in [1.807, 2.05) is 13.8 Å². The van der Waals surface area contributed by atoms with Gasteiger partial charge in [-0.15, -0.1) is 0 Å². The summed E-state index contributed by atoms with van der Waals surface area (Å²) in [5.41, 5.74) is -0.0294. The Morgan fingerprint density at radius 3 is 2.47 bits per heavy atom. The van der Waals surface area contributed by atoms with Crippen molar-refractivity contribution in [1.29, 1.82) is 0 Å². The lowest BCUT2D eigenvalue weighted by molar-refractivity contribution is 0.102. The van der Waals surface area contributed by atoms with Gasteiger partial charge in [0.25, 0.3) is 5.91 Å². The van der Waals surface area contributed by atoms with Crippen LogP contribution in [0.4, 0.5) is 10.1 Å². The molecule has 162 valence electrons. The molecule has 1 N–H and O–H groups in total. The summed E-state index contributed by atoms with van der Waals surface area (Å²) >= 11 is 5.86. The van der Waals surface area contributed by atoms with Gasteiger partial charge in [0, 0.05) is 23.7 Å². The van der Waals surface area contributed by atoms with Gasteiger partial charge < -0.3 is 10.1 Å². The molecule has 0 saturated carbocycles. The molecule has 1 heterocycles. The van der Waals surface area contributed by atoms with Crippen LogP contribution in [0.25, 0.3) is 0 Å². The van der Waals surface area contributed by atoms with Crippen molar-refractivity contribution in [2.45, 2.75) is 25.2 Å². The Labute approximate surface area is 181 Å². The van der Waals surface area contributed by atoms with E-state index in [1.165, 1.54) is 41.7 Å². The minimum Gasteiger partial charge on any atom is -0.495 e. The number of benzene rings is 2. The predicted molar refractivity (Wildman–Crippen MR) is 114 cm³/mol. The first kappa shape index (κ1) is 22.5. The molecule has 1 amide bonds. The van der Waals surface area contributed by atoms with E-state index in [-0.39, 0.29) is 38.8 Å². The zero-order valence-corrected chi connectivity index (χ0v) is 18.6. The Morgan fingerprint density at radius 2 is 1.83 bits per heavy atom. The Balaban J connectivity index is 1.95. The second-order valence-electron chi connectivity index (χ2n) is 7.71. The molecule has 0 radical (unpaired) electrons. The summed E-state index contributed by atoms with van der Waals surface area (Å²) in [7, 11) is -2.51. The highest BCUT2D eigenvalue weighted by molar-refractivity contribution is 7.89. The van der Waals surface area contributed by atoms with Crippen LogP contribution in [-0.2, 0) is 10.0 Å². The predicted octanol–water partition coefficient (Wildman–Crippen LogP) is 4.41. The standard InChI is InChI=1S/C21H24ClFN2O4S/c1-13-8-14(2)12-25(11-13)30(27,28)20-9-15(4-7-19(20)29-3)21(26)24-18-10-16(22)5-6-17(18)23/h4-7,9-10,13-14H,8,11-12H2,1-3H3,(H,24,26). The van der Waals surface area contributed by atoms with Gasteiger partial charge >= 0.3 is 0 Å². The normalized spacial score (nSPS) is 20.0. The van der Waals surface area contributed by atoms with Crippen LogP contribution in [0.2, 0.25) is 5.02 Å². The quantitative estimate of drug-likeness (QED) is 0.726. The van der Waals surface area contributed by atoms with Crippen molar-refractivity contribution in [3.05, 3.63) is 52.8 Å². The van der Waals surface area contributed by atoms with Gasteiger partial charge in [-0.1, -0.05) is 25.4 Å². The molecule has 2 unspecified atom stereocenters. The number of carbonyl (C=O) groups is 1. The number of amides is 1. The topological polar surface area (TPSA) is 75.7 Å². The van der Waals surface area contributed by atoms with E-state index in [4.69, 9.17) is 16.3 Å². The first-order valence-electron chi connectivity index (χ1n) is 9.56. The molecule has 0 aromatic heterocycles. The lowest BCUT2D eigenvalue weighted by Crippen LogP contribution is -2.42. The number of carbonyl (C=O) groups excluding carboxylic acids is 1. The average molecular weight is 455 g/mol. The summed E-state index contributed by atoms with van der Waals surface area (Å²) in [6.07, 6.45) is 0.955. The fraction of sp³-hybridized carbons (Fsp3) is 0.381. The van der Waals surface area contributed by atoms with Gasteiger partial charge in [-0.05, 0) is 54.7 Å². The molecule has 1 fully saturated rings. The van der Waals surface area contributed by atoms with Crippen molar-refractivity contribution >= 4 is 33.2 Å². The fourth-order valence-corrected chi connectivity index (χ4v) is 5.78. The van der Waals surface area contributed by atoms with Crippen LogP contribution < -0.4 is 10.1 Å². The van der Waals surface area contributed by atoms with Crippen LogP contribution in [0.5, 0.6) is 5.75 Å². The summed E-state index contributed by atoms with van der Waals surface area (Å²) in [6.45, 7) is 4.83. The minimum atomic E-state index is -3.88. The van der Waals surface area contributed by atoms with Crippen LogP contribution in [0, 0.1) is 17.7 Å². The number of nitrogens with zero attached hydrogens (tertiary/aromatic N) is 1. The molecule has 2 aromatic carbocycles. The zero-order chi connectivity index (χ0) is 22.1. The molecule has 9 heteroatoms. The number of hydrogen-bond acceptors (Lipinski definition) is 4. The maximum atomic E-state index is 14.0. The van der Waals surface area contributed by atoms with Crippen molar-refractivity contribution in [1.82, 2.24) is 4.31 Å². The van der Waals surface area contributed by atoms with Crippen molar-refractivity contribution in [3.63, 3.8) is 0 Å². The highest BCUT2D eigenvalue weighted by atomic mass is 35.5. The summed E-state index contributed by atoms with van der Waals surface area (Å²) in [4.78, 5) is 12.6. The summed E-state index contributed by atoms with van der Waals surface area (Å²) in [5.74, 6) is -0.703. The molecule has 1 saturated heterocycles. The van der Waals surface area contributed by atoms with Gasteiger partial charge in [0.15, 0.2) is 0 Å². The molecule has 2 atom stereocenters. The monoisotopic (exact) mass is 454 g/mol. The van der Waals surface area contributed by atoms with Gasteiger partial charge in [-0.25, -0.2) is 12.8 Å². The van der Waals surface area contributed by atoms with E-state index in [0.717, 1.165) is 12.5 Å². The third-order valence-electron chi connectivity index (χ3n) is 5.06. The SMILES string of the molecule is COc1ccc(C(=O)Nc2cc(Cl)ccc2F)cc1S(=O)(=O)N1CC(C)CC(C)C1. The van der Waals surface area contributed by atoms with Gasteiger partial charge in [-0.3, -0.25) is 4.79 Å². The van der Waals surface area contributed by atoms with Crippen molar-refractivity contribution in [2.24, 2.45) is 11.8 Å². The number of hydrogen-bond donors (Lipinski definition) is 1. The number of anilines is 1. The lowest BCUT2D eigenvalue weighted by Gasteiger charge is -2.34. The number of piperidine rings is 1. The maximum Gasteiger partial charge on any atom is 0.255 e. The largest absolute Gasteiger partial charge is 0.495 e. The first-order valence-corrected chi connectivity index (χ1v) is 11.4. The van der Waals surface area contributed by atoms with Crippen LogP contribution in [0.15, 0.2) is 41.3 Å². The Bertz CT molecular complexity index is 1050. The Morgan fingerprint density at radius 1 is 1.17 bits per heavy atom. The number of halogens is 2. The number of sulfonamides is 1. The second kappa shape index (κ2) is 8.91. The van der Waals surface area contributed by atoms with Gasteiger partial charge in [0.1, 0.15) is 16.5 Å².